The number of halogens is 6. The van der Waals surface area contributed by atoms with Crippen molar-refractivity contribution < 1.29 is 169 Å². The van der Waals surface area contributed by atoms with Gasteiger partial charge in [0.05, 0.1) is 46.0 Å². The molecule has 0 aliphatic heterocycles. The third kappa shape index (κ3) is 25.0. The van der Waals surface area contributed by atoms with Crippen LogP contribution in [0.2, 0.25) is 10.0 Å². The summed E-state index contributed by atoms with van der Waals surface area (Å²) in [6.45, 7) is 0. The zero-order valence-corrected chi connectivity index (χ0v) is 56.8. The largest absolute Gasteiger partial charge is 0.504 e. The summed E-state index contributed by atoms with van der Waals surface area (Å²) in [4.78, 5) is 120. The Morgan fingerprint density at radius 1 is 0.430 bits per heavy atom. The molecule has 0 spiro atoms. The Hall–Kier alpha value is -13.8. The SMILES string of the molecule is CS(=O)(=O)c1cc(C=O)cc(O)c1O.N#Cc1cc(C=O)cc(O)c1O.O=Cc1cc(C=O)c(O)c([N+](=O)[O-])c1.O=Cc1cc(Cl)c(O)c(O)c1Cl.O=Cc1cc(O)c(O)c(C(F)(F)F)c1.O=Cc1cc(O)c(O)c(S(=O)(=O)O)c1.O=Cc1cc([N+](=O)[O-])c(O)c(O)c1Br.O=Cc1ccc(O)c(O)c1[N+](=O)[O-]. The highest BCUT2D eigenvalue weighted by molar-refractivity contribution is 9.10. The molecule has 107 heavy (non-hydrogen) atoms. The summed E-state index contributed by atoms with van der Waals surface area (Å²) in [6.07, 6.45) is -1.04. The van der Waals surface area contributed by atoms with Crippen molar-refractivity contribution in [2.45, 2.75) is 16.0 Å². The molecule has 0 radical (unpaired) electrons. The van der Waals surface area contributed by atoms with Crippen molar-refractivity contribution in [2.75, 3.05) is 6.26 Å². The van der Waals surface area contributed by atoms with Gasteiger partial charge in [-0.05, 0) is 88.7 Å². The van der Waals surface area contributed by atoms with E-state index in [4.69, 9.17) is 94.3 Å². The van der Waals surface area contributed by atoms with E-state index in [2.05, 4.69) is 15.9 Å². The van der Waals surface area contributed by atoms with E-state index in [1.807, 2.05) is 0 Å². The highest BCUT2D eigenvalue weighted by Gasteiger charge is 2.36. The van der Waals surface area contributed by atoms with Gasteiger partial charge >= 0.3 is 23.2 Å². The Balaban J connectivity index is 0.000000612. The van der Waals surface area contributed by atoms with Crippen LogP contribution in [0.25, 0.3) is 0 Å². The van der Waals surface area contributed by atoms with Gasteiger partial charge in [0.2, 0.25) is 17.2 Å². The van der Waals surface area contributed by atoms with Gasteiger partial charge in [0, 0.05) is 57.3 Å². The van der Waals surface area contributed by atoms with Crippen LogP contribution in [-0.2, 0) is 26.1 Å². The molecule has 8 aromatic carbocycles. The predicted molar refractivity (Wildman–Crippen MR) is 355 cm³/mol. The van der Waals surface area contributed by atoms with Crippen LogP contribution in [0, 0.1) is 41.7 Å². The molecule has 0 aromatic heterocycles. The van der Waals surface area contributed by atoms with E-state index in [-0.39, 0.29) is 95.3 Å². The number of hydrogen-bond donors (Lipinski definition) is 16. The van der Waals surface area contributed by atoms with Crippen molar-refractivity contribution in [3.05, 3.63) is 191 Å². The summed E-state index contributed by atoms with van der Waals surface area (Å²) in [6, 6.07) is 14.8. The van der Waals surface area contributed by atoms with E-state index in [0.717, 1.165) is 73.0 Å². The number of nitro benzene ring substituents is 3. The van der Waals surface area contributed by atoms with Crippen LogP contribution in [0.1, 0.15) is 104 Å². The van der Waals surface area contributed by atoms with Gasteiger partial charge in [0.15, 0.2) is 104 Å². The number of aromatic hydroxyl groups is 15. The maximum Gasteiger partial charge on any atom is 0.420 e. The Morgan fingerprint density at radius 3 is 1.23 bits per heavy atom. The fraction of sp³-hybridized carbons (Fsp3) is 0.0333. The van der Waals surface area contributed by atoms with Crippen LogP contribution in [0.3, 0.4) is 0 Å². The molecular weight excluding hydrogens is 1610 g/mol. The van der Waals surface area contributed by atoms with Gasteiger partial charge in [0.1, 0.15) is 52.9 Å². The average Bonchev–Trinajstić information content (AvgIpc) is 0.975. The molecule has 0 unspecified atom stereocenters. The second-order valence-corrected chi connectivity index (χ2v) is 24.1. The third-order valence-electron chi connectivity index (χ3n) is 12.0. The van der Waals surface area contributed by atoms with E-state index in [1.54, 1.807) is 6.07 Å². The highest BCUT2D eigenvalue weighted by Crippen LogP contribution is 2.45. The van der Waals surface area contributed by atoms with Crippen molar-refractivity contribution in [2.24, 2.45) is 0 Å². The van der Waals surface area contributed by atoms with Crippen molar-refractivity contribution in [1.82, 2.24) is 0 Å². The molecular formula is C60H42BrCl2F3N4O35S2. The van der Waals surface area contributed by atoms with Crippen LogP contribution >= 0.6 is 39.1 Å². The first-order chi connectivity index (χ1) is 49.5. The highest BCUT2D eigenvalue weighted by atomic mass is 79.9. The van der Waals surface area contributed by atoms with Gasteiger partial charge in [-0.2, -0.15) is 26.9 Å². The number of aldehydes is 9. The zero-order chi connectivity index (χ0) is 82.8. The Kier molecular flexibility index (Phi) is 33.7. The standard InChI is InChI=1S/C8H5F3O3.C8H5NO5.C8H5NO3.C8H8O5S.C7H4BrNO5.C7H4Cl2O3.C7H5NO5.C7H6O6S/c9-8(10,11)5-1-4(3-12)2-6(13)7(5)14;10-3-5-1-6(4-11)8(12)7(2-5)9(13)14;9-3-6-1-5(4-10)2-7(11)8(6)12;1-14(12,13)7-3-5(4-9)2-6(10)8(7)11;8-5-3(2-10)1-4(9(13)14)6(11)7(5)12;8-4-1-3(2-10)5(9)7(12)6(4)11;9-3-4-1-2-5(10)7(11)6(4)8(12)13;8-3-4-1-5(9)7(10)6(2-4)14(11,12)13/h1-3,13-14H;1-4,12H;1-2,4,11-12H;2-4,10-11H,1H3;1-2,11-12H;1-2,11-12H;1-3,10-11H;1-3,9-10H,(H,11,12,13). The number of nitrogens with zero attached hydrogens (tertiary/aromatic N) is 4. The molecule has 8 aromatic rings. The van der Waals surface area contributed by atoms with Gasteiger partial charge in [-0.3, -0.25) is 78.0 Å². The van der Waals surface area contributed by atoms with E-state index in [0.29, 0.717) is 37.5 Å². The first kappa shape index (κ1) is 91.2. The second kappa shape index (κ2) is 39.6. The Labute approximate surface area is 609 Å². The summed E-state index contributed by atoms with van der Waals surface area (Å²) in [5.41, 5.74) is -4.73. The van der Waals surface area contributed by atoms with Gasteiger partial charge in [-0.15, -0.1) is 0 Å². The normalized spacial score (nSPS) is 10.2. The van der Waals surface area contributed by atoms with Crippen molar-refractivity contribution >= 4 is 133 Å². The fourth-order valence-corrected chi connectivity index (χ4v) is 9.20. The number of nitriles is 1. The first-order valence-electron chi connectivity index (χ1n) is 26.5. The van der Waals surface area contributed by atoms with Crippen molar-refractivity contribution in [3.8, 4) is 92.3 Å². The quantitative estimate of drug-likeness (QED) is 0.0159. The maximum absolute atomic E-state index is 12.2. The number of phenolic OH excluding ortho intramolecular Hbond substituents is 15. The minimum absolute atomic E-state index is 0.0132. The Morgan fingerprint density at radius 2 is 0.832 bits per heavy atom. The number of sulfone groups is 1. The Bertz CT molecular complexity index is 5040. The van der Waals surface area contributed by atoms with Crippen molar-refractivity contribution in [3.63, 3.8) is 0 Å². The number of alkyl halides is 3. The molecule has 0 saturated heterocycles. The van der Waals surface area contributed by atoms with E-state index in [1.165, 1.54) is 12.1 Å². The first-order valence-corrected chi connectivity index (χ1v) is 31.3. The van der Waals surface area contributed by atoms with Crippen LogP contribution < -0.4 is 0 Å². The summed E-state index contributed by atoms with van der Waals surface area (Å²) in [5.74, 6) is -11.3. The molecule has 0 aliphatic rings. The monoisotopic (exact) mass is 1650 g/mol. The topological polar surface area (TPSA) is 699 Å². The van der Waals surface area contributed by atoms with Crippen LogP contribution in [0.5, 0.6) is 86.2 Å². The predicted octanol–water partition coefficient (Wildman–Crippen LogP) is 8.72. The molecule has 566 valence electrons. The summed E-state index contributed by atoms with van der Waals surface area (Å²) in [5, 5.41) is 175. The van der Waals surface area contributed by atoms with Crippen LogP contribution in [0.4, 0.5) is 30.2 Å². The minimum Gasteiger partial charge on any atom is -0.504 e. The van der Waals surface area contributed by atoms with Crippen LogP contribution in [-0.4, -0.2) is 176 Å². The third-order valence-corrected chi connectivity index (χ3v) is 15.5. The average molecular weight is 1650 g/mol. The molecule has 16 N–H and O–H groups in total. The molecule has 0 atom stereocenters. The lowest BCUT2D eigenvalue weighted by Gasteiger charge is -2.10. The minimum atomic E-state index is -4.80. The molecule has 0 bridgehead atoms. The number of phenols is 15. The fourth-order valence-electron chi connectivity index (χ4n) is 6.97. The van der Waals surface area contributed by atoms with E-state index in [9.17, 15) is 119 Å². The second-order valence-electron chi connectivity index (χ2n) is 19.1. The molecule has 0 heterocycles. The zero-order valence-electron chi connectivity index (χ0n) is 52.1. The lowest BCUT2D eigenvalue weighted by atomic mass is 10.1. The van der Waals surface area contributed by atoms with E-state index < -0.39 is 160 Å². The number of carbonyl (C=O) groups excluding carboxylic acids is 9. The van der Waals surface area contributed by atoms with Crippen LogP contribution in [0.15, 0.2) is 99.2 Å². The lowest BCUT2D eigenvalue weighted by Crippen LogP contribution is -2.06. The summed E-state index contributed by atoms with van der Waals surface area (Å²) < 4.78 is 88.5. The van der Waals surface area contributed by atoms with E-state index >= 15 is 0 Å². The smallest absolute Gasteiger partial charge is 0.420 e. The van der Waals surface area contributed by atoms with Crippen molar-refractivity contribution in [1.29, 1.82) is 5.26 Å². The van der Waals surface area contributed by atoms with Gasteiger partial charge in [-0.1, -0.05) is 23.2 Å². The van der Waals surface area contributed by atoms with Gasteiger partial charge < -0.3 is 76.6 Å². The molecule has 0 fully saturated rings. The van der Waals surface area contributed by atoms with Gasteiger partial charge in [-0.25, -0.2) is 8.42 Å². The number of rotatable bonds is 14. The summed E-state index contributed by atoms with van der Waals surface area (Å²) in [7, 11) is -8.31. The van der Waals surface area contributed by atoms with Gasteiger partial charge in [0.25, 0.3) is 10.1 Å². The molecule has 0 amide bonds. The number of benzene rings is 8. The molecule has 0 saturated carbocycles. The number of carbonyl (C=O) groups is 9. The molecule has 8 rings (SSSR count). The summed E-state index contributed by atoms with van der Waals surface area (Å²) >= 11 is 13.7. The molecule has 0 aliphatic carbocycles. The molecule has 47 heteroatoms. The lowest BCUT2D eigenvalue weighted by molar-refractivity contribution is -0.386. The molecule has 39 nitrogen and oxygen atoms in total. The number of hydrogen-bond acceptors (Lipinski definition) is 35. The number of nitro groups is 3. The maximum atomic E-state index is 12.2.